The fourth-order valence-electron chi connectivity index (χ4n) is 11.9. The number of fused-ring (bicyclic) bond motifs is 2. The molecule has 8 atom stereocenters. The summed E-state index contributed by atoms with van der Waals surface area (Å²) in [6.45, 7) is 5.50. The number of nitrogens with zero attached hydrogens (tertiary/aromatic N) is 1. The first kappa shape index (κ1) is 34.0. The van der Waals surface area contributed by atoms with E-state index < -0.39 is 39.7 Å². The zero-order chi connectivity index (χ0) is 36.5. The number of aliphatic hydroxyl groups is 1. The second-order valence-electron chi connectivity index (χ2n) is 16.7. The van der Waals surface area contributed by atoms with Crippen LogP contribution in [0.15, 0.2) is 88.9 Å². The molecule has 1 saturated heterocycles. The van der Waals surface area contributed by atoms with Gasteiger partial charge in [-0.2, -0.15) is 13.2 Å². The van der Waals surface area contributed by atoms with Crippen molar-refractivity contribution in [3.8, 4) is 11.3 Å². The number of halogens is 4. The van der Waals surface area contributed by atoms with Crippen molar-refractivity contribution in [3.63, 3.8) is 0 Å². The zero-order valence-corrected chi connectivity index (χ0v) is 29.9. The van der Waals surface area contributed by atoms with E-state index in [2.05, 4.69) is 32.1 Å². The number of rotatable bonds is 5. The quantitative estimate of drug-likeness (QED) is 0.209. The van der Waals surface area contributed by atoms with E-state index in [4.69, 9.17) is 20.8 Å². The van der Waals surface area contributed by atoms with Crippen LogP contribution in [0, 0.1) is 33.5 Å². The van der Waals surface area contributed by atoms with Gasteiger partial charge in [0.2, 0.25) is 5.78 Å². The van der Waals surface area contributed by atoms with Crippen LogP contribution in [0.1, 0.15) is 80.5 Å². The number of ether oxygens (including phenoxy) is 1. The summed E-state index contributed by atoms with van der Waals surface area (Å²) >= 11 is 6.37. The van der Waals surface area contributed by atoms with Crippen LogP contribution in [0.2, 0.25) is 5.02 Å². The molecule has 3 spiro atoms. The number of hydrogen-bond donors (Lipinski definition) is 1. The van der Waals surface area contributed by atoms with E-state index in [1.807, 2.05) is 35.2 Å². The van der Waals surface area contributed by atoms with Crippen molar-refractivity contribution >= 4 is 23.5 Å². The fraction of sp³-hybridized carbons (Fsp3) is 0.476. The van der Waals surface area contributed by atoms with Gasteiger partial charge in [0.15, 0.2) is 5.76 Å². The van der Waals surface area contributed by atoms with Gasteiger partial charge < -0.3 is 14.3 Å². The van der Waals surface area contributed by atoms with Crippen molar-refractivity contribution in [2.45, 2.75) is 83.2 Å². The van der Waals surface area contributed by atoms with E-state index >= 15 is 4.79 Å². The molecular formula is C42H41ClF3NO5. The van der Waals surface area contributed by atoms with Gasteiger partial charge in [-0.25, -0.2) is 4.79 Å². The summed E-state index contributed by atoms with van der Waals surface area (Å²) < 4.78 is 53.5. The third-order valence-electron chi connectivity index (χ3n) is 14.5. The molecule has 10 rings (SSSR count). The van der Waals surface area contributed by atoms with Crippen LogP contribution in [0.5, 0.6) is 0 Å². The Labute approximate surface area is 305 Å². The standard InChI is InChI=1S/C42H41ClF3NO5/c1-37-15-12-27(48)21-39(37)18-19-41(29(22-39)35(49)32-11-10-31(51-32)28-20-26(42(44,45)46)8-9-30(28)43)33(37)13-16-38(2)34(41)14-17-40(38)24-47(36(50)52-40)23-25-6-4-3-5-7-25/h3-11,18-20,22,27,33-34,48H,12-17,21,23-24H2,1-2H3. The Hall–Kier alpha value is -3.82. The van der Waals surface area contributed by atoms with Crippen LogP contribution in [-0.2, 0) is 17.5 Å². The first-order valence-corrected chi connectivity index (χ1v) is 18.7. The van der Waals surface area contributed by atoms with Crippen LogP contribution < -0.4 is 0 Å². The van der Waals surface area contributed by atoms with E-state index in [9.17, 15) is 23.1 Å². The normalized spacial score (nSPS) is 37.4. The van der Waals surface area contributed by atoms with Gasteiger partial charge in [-0.3, -0.25) is 9.69 Å². The van der Waals surface area contributed by atoms with Crippen LogP contribution in [0.25, 0.3) is 11.3 Å². The lowest BCUT2D eigenvalue weighted by Crippen LogP contribution is -2.67. The summed E-state index contributed by atoms with van der Waals surface area (Å²) in [5, 5.41) is 11.1. The minimum atomic E-state index is -4.58. The molecule has 8 unspecified atom stereocenters. The topological polar surface area (TPSA) is 80.0 Å². The Morgan fingerprint density at radius 2 is 1.69 bits per heavy atom. The fourth-order valence-corrected chi connectivity index (χ4v) is 12.1. The molecule has 0 radical (unpaired) electrons. The summed E-state index contributed by atoms with van der Waals surface area (Å²) in [4.78, 5) is 30.4. The zero-order valence-electron chi connectivity index (χ0n) is 29.1. The smallest absolute Gasteiger partial charge is 0.416 e. The van der Waals surface area contributed by atoms with E-state index in [-0.39, 0.29) is 51.2 Å². The minimum absolute atomic E-state index is 0.0274. The molecule has 3 saturated carbocycles. The van der Waals surface area contributed by atoms with Gasteiger partial charge >= 0.3 is 12.3 Å². The third-order valence-corrected chi connectivity index (χ3v) is 14.8. The molecule has 52 heavy (non-hydrogen) atoms. The lowest BCUT2D eigenvalue weighted by Gasteiger charge is -2.71. The van der Waals surface area contributed by atoms with Crippen LogP contribution in [-0.4, -0.2) is 40.1 Å². The van der Waals surface area contributed by atoms with Crippen LogP contribution >= 0.6 is 11.6 Å². The molecule has 6 aliphatic carbocycles. The lowest BCUT2D eigenvalue weighted by atomic mass is 9.32. The van der Waals surface area contributed by atoms with E-state index in [0.717, 1.165) is 43.4 Å². The number of amides is 1. The molecular weight excluding hydrogens is 691 g/mol. The van der Waals surface area contributed by atoms with Crippen molar-refractivity contribution in [2.24, 2.45) is 33.5 Å². The highest BCUT2D eigenvalue weighted by Gasteiger charge is 2.76. The largest absolute Gasteiger partial charge is 0.453 e. The van der Waals surface area contributed by atoms with Crippen LogP contribution in [0.4, 0.5) is 18.0 Å². The van der Waals surface area contributed by atoms with Crippen molar-refractivity contribution < 1.29 is 37.0 Å². The monoisotopic (exact) mass is 731 g/mol. The highest BCUT2D eigenvalue weighted by atomic mass is 35.5. The number of Topliss-reactive ketones (excluding diaryl/α,β-unsaturated/α-hetero) is 1. The van der Waals surface area contributed by atoms with Gasteiger partial charge in [0.25, 0.3) is 0 Å². The molecule has 6 nitrogen and oxygen atoms in total. The SMILES string of the molecule is CC12CCC(O)CC13C=CC1(C(C(=O)c4ccc(-c5cc(C(F)(F)F)ccc5Cl)o4)=C3)C2CCC2(C)C1CCC21CN(Cc2ccccc2)C(=O)O1. The van der Waals surface area contributed by atoms with E-state index in [0.29, 0.717) is 37.9 Å². The molecule has 2 bridgehead atoms. The number of alkyl halides is 3. The molecule has 2 heterocycles. The van der Waals surface area contributed by atoms with Gasteiger partial charge in [0.05, 0.1) is 23.2 Å². The summed E-state index contributed by atoms with van der Waals surface area (Å²) in [6, 6.07) is 16.0. The van der Waals surface area contributed by atoms with Gasteiger partial charge in [-0.1, -0.05) is 74.0 Å². The maximum absolute atomic E-state index is 15.0. The molecule has 1 amide bonds. The van der Waals surface area contributed by atoms with Crippen molar-refractivity contribution in [2.75, 3.05) is 6.54 Å². The maximum atomic E-state index is 15.0. The summed E-state index contributed by atoms with van der Waals surface area (Å²) in [6.07, 6.45) is 6.28. The van der Waals surface area contributed by atoms with E-state index in [1.165, 1.54) is 18.2 Å². The molecule has 2 aromatic carbocycles. The van der Waals surface area contributed by atoms with E-state index in [1.54, 1.807) is 0 Å². The Balaban J connectivity index is 1.13. The highest BCUT2D eigenvalue weighted by molar-refractivity contribution is 6.33. The predicted octanol–water partition coefficient (Wildman–Crippen LogP) is 10.1. The number of hydrogen-bond acceptors (Lipinski definition) is 5. The molecule has 4 fully saturated rings. The number of ketones is 1. The van der Waals surface area contributed by atoms with Crippen LogP contribution in [0.3, 0.4) is 0 Å². The molecule has 1 N–H and O–H groups in total. The third kappa shape index (κ3) is 4.47. The average molecular weight is 732 g/mol. The molecule has 1 aromatic heterocycles. The Bertz CT molecular complexity index is 2060. The second kappa shape index (κ2) is 11.1. The Morgan fingerprint density at radius 1 is 0.962 bits per heavy atom. The number of benzene rings is 2. The van der Waals surface area contributed by atoms with Gasteiger partial charge in [0, 0.05) is 33.9 Å². The molecule has 7 aliphatic rings. The highest BCUT2D eigenvalue weighted by Crippen LogP contribution is 2.79. The molecule has 1 aliphatic heterocycles. The predicted molar refractivity (Wildman–Crippen MR) is 188 cm³/mol. The number of allylic oxidation sites excluding steroid dienone is 4. The first-order valence-electron chi connectivity index (χ1n) is 18.3. The van der Waals surface area contributed by atoms with Gasteiger partial charge in [-0.15, -0.1) is 0 Å². The second-order valence-corrected chi connectivity index (χ2v) is 17.1. The van der Waals surface area contributed by atoms with Crippen molar-refractivity contribution in [1.29, 1.82) is 0 Å². The summed E-state index contributed by atoms with van der Waals surface area (Å²) in [7, 11) is 0. The maximum Gasteiger partial charge on any atom is 0.416 e. The summed E-state index contributed by atoms with van der Waals surface area (Å²) in [5.41, 5.74) is -1.80. The lowest BCUT2D eigenvalue weighted by molar-refractivity contribution is -0.164. The Kier molecular flexibility index (Phi) is 7.26. The molecule has 3 aromatic rings. The van der Waals surface area contributed by atoms with Crippen molar-refractivity contribution in [3.05, 3.63) is 106 Å². The summed E-state index contributed by atoms with van der Waals surface area (Å²) in [5.74, 6) is -0.168. The number of aliphatic hydroxyl groups excluding tert-OH is 1. The minimum Gasteiger partial charge on any atom is -0.453 e. The first-order chi connectivity index (χ1) is 24.6. The number of carbonyl (C=O) groups is 2. The molecule has 10 heteroatoms. The number of furan rings is 1. The molecule has 272 valence electrons. The van der Waals surface area contributed by atoms with Gasteiger partial charge in [0.1, 0.15) is 11.4 Å². The average Bonchev–Trinajstić information content (AvgIpc) is 3.80. The Morgan fingerprint density at radius 3 is 2.46 bits per heavy atom. The van der Waals surface area contributed by atoms with Crippen molar-refractivity contribution in [1.82, 2.24) is 4.90 Å². The number of carbonyl (C=O) groups excluding carboxylic acids is 2. The van der Waals surface area contributed by atoms with Gasteiger partial charge in [-0.05, 0) is 98.1 Å².